The minimum Gasteiger partial charge on any atom is -0.508 e. The van der Waals surface area contributed by atoms with E-state index < -0.39 is 0 Å². The van der Waals surface area contributed by atoms with Gasteiger partial charge < -0.3 is 15.3 Å². The molecule has 2 N–H and O–H groups in total. The molecule has 0 saturated carbocycles. The average molecular weight is 254 g/mol. The molecule has 3 nitrogen and oxygen atoms in total. The zero-order valence-electron chi connectivity index (χ0n) is 11.0. The molecule has 0 radical (unpaired) electrons. The van der Waals surface area contributed by atoms with Gasteiger partial charge in [-0.05, 0) is 36.8 Å². The number of phenolic OH excluding ortho intramolecular Hbond substituents is 1. The maximum atomic E-state index is 9.57. The zero-order chi connectivity index (χ0) is 13.2. The molecule has 2 aromatic carbocycles. The van der Waals surface area contributed by atoms with E-state index >= 15 is 0 Å². The van der Waals surface area contributed by atoms with Gasteiger partial charge in [-0.1, -0.05) is 24.3 Å². The van der Waals surface area contributed by atoms with E-state index in [2.05, 4.69) is 41.4 Å². The summed E-state index contributed by atoms with van der Waals surface area (Å²) >= 11 is 0. The second-order valence-corrected chi connectivity index (χ2v) is 5.04. The van der Waals surface area contributed by atoms with Crippen LogP contribution in [0.25, 0.3) is 0 Å². The number of nitrogens with one attached hydrogen (secondary N) is 1. The minimum atomic E-state index is 0.327. The third kappa shape index (κ3) is 2.36. The highest BCUT2D eigenvalue weighted by atomic mass is 16.3. The molecule has 3 rings (SSSR count). The van der Waals surface area contributed by atoms with E-state index in [1.807, 2.05) is 18.2 Å². The zero-order valence-corrected chi connectivity index (χ0v) is 11.0. The van der Waals surface area contributed by atoms with Crippen LogP contribution in [-0.2, 0) is 6.54 Å². The van der Waals surface area contributed by atoms with Crippen molar-refractivity contribution < 1.29 is 5.11 Å². The Bertz CT molecular complexity index is 582. The average Bonchev–Trinajstić information content (AvgIpc) is 2.42. The smallest absolute Gasteiger partial charge is 0.115 e. The molecule has 1 heterocycles. The van der Waals surface area contributed by atoms with Crippen LogP contribution in [0.2, 0.25) is 0 Å². The van der Waals surface area contributed by atoms with Gasteiger partial charge in [0.2, 0.25) is 0 Å². The van der Waals surface area contributed by atoms with Crippen LogP contribution in [0.4, 0.5) is 11.4 Å². The van der Waals surface area contributed by atoms with Crippen molar-refractivity contribution in [2.75, 3.05) is 16.8 Å². The van der Waals surface area contributed by atoms with Gasteiger partial charge in [-0.25, -0.2) is 0 Å². The molecule has 0 spiro atoms. The van der Waals surface area contributed by atoms with E-state index in [0.29, 0.717) is 11.8 Å². The SMILES string of the molecule is CC1CNc2ccccc2N1Cc1cccc(O)c1. The molecule has 1 aliphatic rings. The van der Waals surface area contributed by atoms with Crippen LogP contribution < -0.4 is 10.2 Å². The molecule has 1 aliphatic heterocycles. The Morgan fingerprint density at radius 2 is 2.05 bits per heavy atom. The molecule has 0 bridgehead atoms. The fourth-order valence-corrected chi connectivity index (χ4v) is 2.57. The standard InChI is InChI=1S/C16H18N2O/c1-12-10-17-15-7-2-3-8-16(15)18(12)11-13-5-4-6-14(19)9-13/h2-9,12,17,19H,10-11H2,1H3. The van der Waals surface area contributed by atoms with Gasteiger partial charge in [-0.2, -0.15) is 0 Å². The van der Waals surface area contributed by atoms with Gasteiger partial charge >= 0.3 is 0 Å². The highest BCUT2D eigenvalue weighted by molar-refractivity contribution is 5.72. The number of para-hydroxylation sites is 2. The lowest BCUT2D eigenvalue weighted by molar-refractivity contribution is 0.474. The van der Waals surface area contributed by atoms with Crippen molar-refractivity contribution in [1.82, 2.24) is 0 Å². The lowest BCUT2D eigenvalue weighted by atomic mass is 10.1. The fraction of sp³-hybridized carbons (Fsp3) is 0.250. The molecule has 0 amide bonds. The van der Waals surface area contributed by atoms with Gasteiger partial charge in [-0.15, -0.1) is 0 Å². The van der Waals surface area contributed by atoms with Gasteiger partial charge in [0, 0.05) is 19.1 Å². The number of aromatic hydroxyl groups is 1. The number of anilines is 2. The lowest BCUT2D eigenvalue weighted by Crippen LogP contribution is -2.41. The molecule has 0 aliphatic carbocycles. The van der Waals surface area contributed by atoms with Crippen molar-refractivity contribution >= 4 is 11.4 Å². The maximum Gasteiger partial charge on any atom is 0.115 e. The number of rotatable bonds is 2. The Kier molecular flexibility index (Phi) is 3.03. The number of hydrogen-bond donors (Lipinski definition) is 2. The summed E-state index contributed by atoms with van der Waals surface area (Å²) in [7, 11) is 0. The summed E-state index contributed by atoms with van der Waals surface area (Å²) in [5, 5.41) is 13.0. The first-order valence-corrected chi connectivity index (χ1v) is 6.61. The van der Waals surface area contributed by atoms with Crippen LogP contribution in [0, 0.1) is 0 Å². The third-order valence-electron chi connectivity index (χ3n) is 3.60. The molecule has 2 aromatic rings. The molecular formula is C16H18N2O. The summed E-state index contributed by atoms with van der Waals surface area (Å²) in [6.07, 6.45) is 0. The van der Waals surface area contributed by atoms with Gasteiger partial charge in [0.25, 0.3) is 0 Å². The molecule has 0 fully saturated rings. The molecule has 0 saturated heterocycles. The first-order chi connectivity index (χ1) is 9.24. The van der Waals surface area contributed by atoms with E-state index in [9.17, 15) is 5.11 Å². The Balaban J connectivity index is 1.91. The molecule has 19 heavy (non-hydrogen) atoms. The van der Waals surface area contributed by atoms with Crippen molar-refractivity contribution in [3.8, 4) is 5.75 Å². The number of benzene rings is 2. The van der Waals surface area contributed by atoms with Crippen molar-refractivity contribution in [1.29, 1.82) is 0 Å². The molecule has 1 unspecified atom stereocenters. The second kappa shape index (κ2) is 4.84. The molecule has 1 atom stereocenters. The lowest BCUT2D eigenvalue weighted by Gasteiger charge is -2.37. The molecule has 98 valence electrons. The normalized spacial score (nSPS) is 17.7. The topological polar surface area (TPSA) is 35.5 Å². The second-order valence-electron chi connectivity index (χ2n) is 5.04. The number of hydrogen-bond acceptors (Lipinski definition) is 3. The Morgan fingerprint density at radius 3 is 2.89 bits per heavy atom. The first-order valence-electron chi connectivity index (χ1n) is 6.61. The number of nitrogens with zero attached hydrogens (tertiary/aromatic N) is 1. The van der Waals surface area contributed by atoms with Crippen molar-refractivity contribution in [3.05, 3.63) is 54.1 Å². The van der Waals surface area contributed by atoms with Crippen LogP contribution >= 0.6 is 0 Å². The predicted molar refractivity (Wildman–Crippen MR) is 78.7 cm³/mol. The Morgan fingerprint density at radius 1 is 1.21 bits per heavy atom. The van der Waals surface area contributed by atoms with Crippen LogP contribution in [-0.4, -0.2) is 17.7 Å². The largest absolute Gasteiger partial charge is 0.508 e. The van der Waals surface area contributed by atoms with Crippen LogP contribution in [0.15, 0.2) is 48.5 Å². The van der Waals surface area contributed by atoms with Crippen LogP contribution in [0.5, 0.6) is 5.75 Å². The van der Waals surface area contributed by atoms with Gasteiger partial charge in [0.15, 0.2) is 0 Å². The van der Waals surface area contributed by atoms with Gasteiger partial charge in [0.05, 0.1) is 11.4 Å². The van der Waals surface area contributed by atoms with Gasteiger partial charge in [-0.3, -0.25) is 0 Å². The fourth-order valence-electron chi connectivity index (χ4n) is 2.57. The predicted octanol–water partition coefficient (Wildman–Crippen LogP) is 3.21. The summed E-state index contributed by atoms with van der Waals surface area (Å²) < 4.78 is 0. The summed E-state index contributed by atoms with van der Waals surface area (Å²) in [6, 6.07) is 16.3. The molecule has 0 aromatic heterocycles. The van der Waals surface area contributed by atoms with Crippen molar-refractivity contribution in [2.24, 2.45) is 0 Å². The highest BCUT2D eigenvalue weighted by Crippen LogP contribution is 2.32. The van der Waals surface area contributed by atoms with Crippen molar-refractivity contribution in [3.63, 3.8) is 0 Å². The van der Waals surface area contributed by atoms with E-state index in [1.54, 1.807) is 6.07 Å². The Hall–Kier alpha value is -2.16. The maximum absolute atomic E-state index is 9.57. The van der Waals surface area contributed by atoms with E-state index in [-0.39, 0.29) is 0 Å². The van der Waals surface area contributed by atoms with Crippen molar-refractivity contribution in [2.45, 2.75) is 19.5 Å². The summed E-state index contributed by atoms with van der Waals surface area (Å²) in [6.45, 7) is 3.97. The van der Waals surface area contributed by atoms with Gasteiger partial charge in [0.1, 0.15) is 5.75 Å². The van der Waals surface area contributed by atoms with Crippen LogP contribution in [0.3, 0.4) is 0 Å². The number of fused-ring (bicyclic) bond motifs is 1. The minimum absolute atomic E-state index is 0.327. The monoisotopic (exact) mass is 254 g/mol. The first kappa shape index (κ1) is 11.9. The highest BCUT2D eigenvalue weighted by Gasteiger charge is 2.22. The number of phenols is 1. The summed E-state index contributed by atoms with van der Waals surface area (Å²) in [5.41, 5.74) is 3.54. The van der Waals surface area contributed by atoms with E-state index in [1.165, 1.54) is 11.4 Å². The summed E-state index contributed by atoms with van der Waals surface area (Å²) in [5.74, 6) is 0.327. The van der Waals surface area contributed by atoms with Crippen LogP contribution in [0.1, 0.15) is 12.5 Å². The van der Waals surface area contributed by atoms with E-state index in [4.69, 9.17) is 0 Å². The molecular weight excluding hydrogens is 236 g/mol. The Labute approximate surface area is 113 Å². The van der Waals surface area contributed by atoms with E-state index in [0.717, 1.165) is 18.7 Å². The molecule has 3 heteroatoms. The summed E-state index contributed by atoms with van der Waals surface area (Å²) in [4.78, 5) is 2.38. The quantitative estimate of drug-likeness (QED) is 0.863. The third-order valence-corrected chi connectivity index (χ3v) is 3.60.